The lowest BCUT2D eigenvalue weighted by atomic mass is 10.2. The maximum atomic E-state index is 9.52. The number of phenolic OH excluding ortho intramolecular Hbond substituents is 1. The molecule has 1 heterocycles. The van der Waals surface area contributed by atoms with E-state index in [1.807, 2.05) is 24.3 Å². The van der Waals surface area contributed by atoms with E-state index in [2.05, 4.69) is 15.2 Å². The van der Waals surface area contributed by atoms with Gasteiger partial charge in [-0.2, -0.15) is 10.2 Å². The largest absolute Gasteiger partial charge is 0.508 e. The fourth-order valence-electron chi connectivity index (χ4n) is 1.39. The number of para-hydroxylation sites is 1. The van der Waals surface area contributed by atoms with Gasteiger partial charge in [0.2, 0.25) is 0 Å². The van der Waals surface area contributed by atoms with Gasteiger partial charge in [0.25, 0.3) is 0 Å². The quantitative estimate of drug-likeness (QED) is 0.816. The van der Waals surface area contributed by atoms with Gasteiger partial charge >= 0.3 is 0 Å². The maximum Gasteiger partial charge on any atom is 0.120 e. The first-order valence-electron chi connectivity index (χ1n) is 5.35. The smallest absolute Gasteiger partial charge is 0.120 e. The molecule has 0 unspecified atom stereocenters. The summed E-state index contributed by atoms with van der Waals surface area (Å²) in [4.78, 5) is 3.93. The number of nitrogens with zero attached hydrogens (tertiary/aromatic N) is 3. The zero-order chi connectivity index (χ0) is 11.9. The van der Waals surface area contributed by atoms with Crippen LogP contribution in [0.1, 0.15) is 11.1 Å². The molecule has 4 nitrogen and oxygen atoms in total. The highest BCUT2D eigenvalue weighted by molar-refractivity contribution is 5.31. The molecule has 1 N–H and O–H groups in total. The summed E-state index contributed by atoms with van der Waals surface area (Å²) < 4.78 is 0. The van der Waals surface area contributed by atoms with E-state index >= 15 is 0 Å². The zero-order valence-electron chi connectivity index (χ0n) is 9.32. The molecule has 0 aliphatic carbocycles. The van der Waals surface area contributed by atoms with E-state index in [0.717, 1.165) is 11.1 Å². The lowest BCUT2D eigenvalue weighted by molar-refractivity contribution is 0.468. The van der Waals surface area contributed by atoms with Crippen LogP contribution in [-0.2, 0) is 13.1 Å². The van der Waals surface area contributed by atoms with Gasteiger partial charge in [-0.3, -0.25) is 4.98 Å². The number of benzene rings is 1. The first-order valence-corrected chi connectivity index (χ1v) is 5.35. The van der Waals surface area contributed by atoms with Crippen molar-refractivity contribution in [1.29, 1.82) is 0 Å². The molecule has 1 aromatic carbocycles. The minimum absolute atomic E-state index is 0.260. The van der Waals surface area contributed by atoms with Crippen molar-refractivity contribution in [2.45, 2.75) is 13.1 Å². The van der Waals surface area contributed by atoms with E-state index in [-0.39, 0.29) is 5.75 Å². The molecule has 0 aliphatic rings. The molecular formula is C13H13N3O. The fourth-order valence-corrected chi connectivity index (χ4v) is 1.39. The van der Waals surface area contributed by atoms with Crippen molar-refractivity contribution in [3.63, 3.8) is 0 Å². The van der Waals surface area contributed by atoms with E-state index in [0.29, 0.717) is 13.1 Å². The zero-order valence-corrected chi connectivity index (χ0v) is 9.32. The van der Waals surface area contributed by atoms with E-state index < -0.39 is 0 Å². The van der Waals surface area contributed by atoms with Crippen molar-refractivity contribution in [3.05, 3.63) is 59.9 Å². The maximum absolute atomic E-state index is 9.52. The average molecular weight is 227 g/mol. The Kier molecular flexibility index (Phi) is 3.81. The highest BCUT2D eigenvalue weighted by Gasteiger charge is 1.96. The molecule has 4 heteroatoms. The van der Waals surface area contributed by atoms with Crippen molar-refractivity contribution in [2.24, 2.45) is 10.2 Å². The molecule has 0 spiro atoms. The molecule has 0 atom stereocenters. The molecule has 0 fully saturated rings. The molecule has 0 amide bonds. The van der Waals surface area contributed by atoms with Crippen LogP contribution in [0.4, 0.5) is 0 Å². The number of aromatic hydroxyl groups is 1. The van der Waals surface area contributed by atoms with Crippen LogP contribution < -0.4 is 0 Å². The van der Waals surface area contributed by atoms with Crippen LogP contribution in [0.5, 0.6) is 5.75 Å². The molecule has 2 rings (SSSR count). The van der Waals surface area contributed by atoms with E-state index in [9.17, 15) is 5.11 Å². The third-order valence-corrected chi connectivity index (χ3v) is 2.34. The number of azo groups is 1. The van der Waals surface area contributed by atoms with Crippen LogP contribution in [0, 0.1) is 0 Å². The van der Waals surface area contributed by atoms with Crippen LogP contribution in [0.15, 0.2) is 59.0 Å². The summed E-state index contributed by atoms with van der Waals surface area (Å²) in [7, 11) is 0. The third kappa shape index (κ3) is 3.38. The average Bonchev–Trinajstić information content (AvgIpc) is 2.38. The second kappa shape index (κ2) is 5.75. The predicted molar refractivity (Wildman–Crippen MR) is 64.6 cm³/mol. The second-order valence-corrected chi connectivity index (χ2v) is 3.58. The highest BCUT2D eigenvalue weighted by atomic mass is 16.3. The molecule has 0 radical (unpaired) electrons. The first-order chi connectivity index (χ1) is 8.36. The lowest BCUT2D eigenvalue weighted by Crippen LogP contribution is -1.83. The summed E-state index contributed by atoms with van der Waals surface area (Å²) in [6, 6.07) is 10.9. The summed E-state index contributed by atoms with van der Waals surface area (Å²) in [6.07, 6.45) is 3.46. The van der Waals surface area contributed by atoms with Gasteiger partial charge in [-0.1, -0.05) is 18.2 Å². The van der Waals surface area contributed by atoms with Gasteiger partial charge in [0.1, 0.15) is 5.75 Å². The van der Waals surface area contributed by atoms with Crippen LogP contribution in [0.25, 0.3) is 0 Å². The van der Waals surface area contributed by atoms with Crippen molar-refractivity contribution in [3.8, 4) is 5.75 Å². The van der Waals surface area contributed by atoms with Crippen LogP contribution in [0.3, 0.4) is 0 Å². The Hall–Kier alpha value is -2.23. The highest BCUT2D eigenvalue weighted by Crippen LogP contribution is 2.16. The van der Waals surface area contributed by atoms with Gasteiger partial charge in [-0.25, -0.2) is 0 Å². The standard InChI is InChI=1S/C13H13N3O/c17-13-4-2-1-3-12(13)10-16-15-9-11-5-7-14-8-6-11/h1-8,17H,9-10H2. The third-order valence-electron chi connectivity index (χ3n) is 2.34. The Bertz CT molecular complexity index is 497. The molecule has 86 valence electrons. The van der Waals surface area contributed by atoms with E-state index in [4.69, 9.17) is 0 Å². The lowest BCUT2D eigenvalue weighted by Gasteiger charge is -1.98. The number of phenols is 1. The van der Waals surface area contributed by atoms with Gasteiger partial charge in [-0.15, -0.1) is 0 Å². The molecular weight excluding hydrogens is 214 g/mol. The number of rotatable bonds is 4. The van der Waals surface area contributed by atoms with Gasteiger partial charge in [0.15, 0.2) is 0 Å². The fraction of sp³-hybridized carbons (Fsp3) is 0.154. The summed E-state index contributed by atoms with van der Waals surface area (Å²) in [5, 5.41) is 17.6. The molecule has 0 bridgehead atoms. The first kappa shape index (κ1) is 11.3. The minimum Gasteiger partial charge on any atom is -0.508 e. The monoisotopic (exact) mass is 227 g/mol. The van der Waals surface area contributed by atoms with Gasteiger partial charge in [0.05, 0.1) is 13.1 Å². The molecule has 1 aromatic heterocycles. The van der Waals surface area contributed by atoms with Crippen molar-refractivity contribution in [1.82, 2.24) is 4.98 Å². The Morgan fingerprint density at radius 2 is 1.65 bits per heavy atom. The molecule has 0 aliphatic heterocycles. The number of pyridine rings is 1. The van der Waals surface area contributed by atoms with Gasteiger partial charge in [-0.05, 0) is 23.8 Å². The van der Waals surface area contributed by atoms with Crippen molar-refractivity contribution < 1.29 is 5.11 Å². The summed E-state index contributed by atoms with van der Waals surface area (Å²) in [5.74, 6) is 0.260. The van der Waals surface area contributed by atoms with Crippen molar-refractivity contribution in [2.75, 3.05) is 0 Å². The van der Waals surface area contributed by atoms with Crippen LogP contribution in [0.2, 0.25) is 0 Å². The van der Waals surface area contributed by atoms with Gasteiger partial charge in [0, 0.05) is 18.0 Å². The second-order valence-electron chi connectivity index (χ2n) is 3.58. The Morgan fingerprint density at radius 3 is 2.41 bits per heavy atom. The molecule has 0 saturated heterocycles. The number of aromatic nitrogens is 1. The Morgan fingerprint density at radius 1 is 0.941 bits per heavy atom. The van der Waals surface area contributed by atoms with Crippen LogP contribution >= 0.6 is 0 Å². The Labute approximate surface area is 99.7 Å². The number of hydrogen-bond donors (Lipinski definition) is 1. The topological polar surface area (TPSA) is 57.8 Å². The Balaban J connectivity index is 1.89. The predicted octanol–water partition coefficient (Wildman–Crippen LogP) is 2.94. The molecule has 2 aromatic rings. The van der Waals surface area contributed by atoms with E-state index in [1.54, 1.807) is 24.5 Å². The van der Waals surface area contributed by atoms with Gasteiger partial charge < -0.3 is 5.11 Å². The number of hydrogen-bond acceptors (Lipinski definition) is 4. The summed E-state index contributed by atoms with van der Waals surface area (Å²) in [5.41, 5.74) is 1.85. The summed E-state index contributed by atoms with van der Waals surface area (Å²) >= 11 is 0. The SMILES string of the molecule is Oc1ccccc1CN=NCc1ccncc1. The minimum atomic E-state index is 0.260. The molecule has 17 heavy (non-hydrogen) atoms. The van der Waals surface area contributed by atoms with Crippen molar-refractivity contribution >= 4 is 0 Å². The van der Waals surface area contributed by atoms with Crippen LogP contribution in [-0.4, -0.2) is 10.1 Å². The summed E-state index contributed by atoms with van der Waals surface area (Å²) in [6.45, 7) is 0.938. The normalized spacial score (nSPS) is 10.8. The molecule has 0 saturated carbocycles. The van der Waals surface area contributed by atoms with E-state index in [1.165, 1.54) is 0 Å².